The first kappa shape index (κ1) is 13.7. The Morgan fingerprint density at radius 2 is 2.00 bits per heavy atom. The van der Waals surface area contributed by atoms with Crippen molar-refractivity contribution in [1.29, 1.82) is 0 Å². The third-order valence-electron chi connectivity index (χ3n) is 3.80. The lowest BCUT2D eigenvalue weighted by Crippen LogP contribution is -2.32. The van der Waals surface area contributed by atoms with Crippen LogP contribution in [0.1, 0.15) is 23.6 Å². The van der Waals surface area contributed by atoms with Crippen LogP contribution in [-0.2, 0) is 6.42 Å². The van der Waals surface area contributed by atoms with Crippen molar-refractivity contribution < 1.29 is 4.74 Å². The predicted molar refractivity (Wildman–Crippen MR) is 85.1 cm³/mol. The molecule has 2 aromatic rings. The number of halogens is 1. The molecular formula is C17H18BrNO. The number of hydrogen-bond acceptors (Lipinski definition) is 2. The molecule has 0 radical (unpaired) electrons. The highest BCUT2D eigenvalue weighted by molar-refractivity contribution is 9.10. The van der Waals surface area contributed by atoms with Crippen molar-refractivity contribution in [2.45, 2.75) is 25.0 Å². The minimum Gasteiger partial charge on any atom is -0.490 e. The summed E-state index contributed by atoms with van der Waals surface area (Å²) in [5.74, 6) is 0.992. The van der Waals surface area contributed by atoms with Crippen molar-refractivity contribution in [2.24, 2.45) is 0 Å². The average Bonchev–Trinajstić information content (AvgIpc) is 2.47. The van der Waals surface area contributed by atoms with Gasteiger partial charge in [0.05, 0.1) is 0 Å². The molecule has 104 valence electrons. The summed E-state index contributed by atoms with van der Waals surface area (Å²) >= 11 is 3.52. The molecule has 1 heterocycles. The van der Waals surface area contributed by atoms with Crippen LogP contribution >= 0.6 is 15.9 Å². The number of hydrogen-bond donors (Lipinski definition) is 1. The summed E-state index contributed by atoms with van der Waals surface area (Å²) in [4.78, 5) is 0. The van der Waals surface area contributed by atoms with E-state index in [9.17, 15) is 0 Å². The average molecular weight is 332 g/mol. The second kappa shape index (κ2) is 5.98. The van der Waals surface area contributed by atoms with Crippen LogP contribution < -0.4 is 10.1 Å². The summed E-state index contributed by atoms with van der Waals surface area (Å²) in [6.45, 7) is 0. The Balaban J connectivity index is 1.83. The number of fused-ring (bicyclic) bond motifs is 1. The van der Waals surface area contributed by atoms with Gasteiger partial charge in [0.2, 0.25) is 0 Å². The zero-order valence-electron chi connectivity index (χ0n) is 11.5. The van der Waals surface area contributed by atoms with Crippen LogP contribution in [0, 0.1) is 0 Å². The maximum absolute atomic E-state index is 6.18. The summed E-state index contributed by atoms with van der Waals surface area (Å²) in [6, 6.07) is 17.2. The van der Waals surface area contributed by atoms with Crippen molar-refractivity contribution in [2.75, 3.05) is 7.05 Å². The standard InChI is InChI=1S/C17H18BrNO/c1-19-16-11-14(9-12-5-3-2-4-6-12)20-17-10-13(18)7-8-15(16)17/h2-8,10,14,16,19H,9,11H2,1H3. The van der Waals surface area contributed by atoms with E-state index in [0.29, 0.717) is 6.04 Å². The van der Waals surface area contributed by atoms with Crippen LogP contribution in [0.15, 0.2) is 53.0 Å². The van der Waals surface area contributed by atoms with Gasteiger partial charge in [-0.05, 0) is 24.7 Å². The molecule has 1 aliphatic heterocycles. The van der Waals surface area contributed by atoms with E-state index < -0.39 is 0 Å². The van der Waals surface area contributed by atoms with Crippen LogP contribution in [0.4, 0.5) is 0 Å². The Bertz CT molecular complexity index is 585. The lowest BCUT2D eigenvalue weighted by atomic mass is 9.93. The highest BCUT2D eigenvalue weighted by Crippen LogP contribution is 2.37. The molecule has 0 spiro atoms. The number of ether oxygens (including phenoxy) is 1. The van der Waals surface area contributed by atoms with Crippen molar-refractivity contribution in [3.63, 3.8) is 0 Å². The Kier molecular flexibility index (Phi) is 4.08. The SMILES string of the molecule is CNC1CC(Cc2ccccc2)Oc2cc(Br)ccc21. The molecule has 0 amide bonds. The summed E-state index contributed by atoms with van der Waals surface area (Å²) < 4.78 is 7.24. The minimum absolute atomic E-state index is 0.219. The van der Waals surface area contributed by atoms with Gasteiger partial charge < -0.3 is 10.1 Å². The molecule has 20 heavy (non-hydrogen) atoms. The molecule has 2 aromatic carbocycles. The van der Waals surface area contributed by atoms with E-state index in [0.717, 1.165) is 23.1 Å². The van der Waals surface area contributed by atoms with Gasteiger partial charge in [-0.15, -0.1) is 0 Å². The molecule has 1 aliphatic rings. The molecule has 0 aliphatic carbocycles. The lowest BCUT2D eigenvalue weighted by Gasteiger charge is -2.32. The van der Waals surface area contributed by atoms with E-state index in [1.807, 2.05) is 13.1 Å². The van der Waals surface area contributed by atoms with Gasteiger partial charge in [0.25, 0.3) is 0 Å². The molecule has 2 nitrogen and oxygen atoms in total. The van der Waals surface area contributed by atoms with Gasteiger partial charge in [-0.25, -0.2) is 0 Å². The van der Waals surface area contributed by atoms with Crippen LogP contribution in [-0.4, -0.2) is 13.2 Å². The van der Waals surface area contributed by atoms with Crippen LogP contribution in [0.3, 0.4) is 0 Å². The molecule has 1 N–H and O–H groups in total. The molecule has 0 aromatic heterocycles. The molecule has 2 atom stereocenters. The van der Waals surface area contributed by atoms with E-state index in [1.165, 1.54) is 11.1 Å². The van der Waals surface area contributed by atoms with E-state index in [1.54, 1.807) is 0 Å². The lowest BCUT2D eigenvalue weighted by molar-refractivity contribution is 0.152. The summed E-state index contributed by atoms with van der Waals surface area (Å²) in [5, 5.41) is 3.40. The molecule has 0 saturated carbocycles. The third-order valence-corrected chi connectivity index (χ3v) is 4.29. The van der Waals surface area contributed by atoms with Crippen LogP contribution in [0.2, 0.25) is 0 Å². The number of nitrogens with one attached hydrogen (secondary N) is 1. The van der Waals surface area contributed by atoms with E-state index in [-0.39, 0.29) is 6.10 Å². The fraction of sp³-hybridized carbons (Fsp3) is 0.294. The van der Waals surface area contributed by atoms with Gasteiger partial charge in [0.15, 0.2) is 0 Å². The number of benzene rings is 2. The molecule has 0 bridgehead atoms. The van der Waals surface area contributed by atoms with Gasteiger partial charge in [-0.2, -0.15) is 0 Å². The molecule has 0 fully saturated rings. The summed E-state index contributed by atoms with van der Waals surface area (Å²) in [5.41, 5.74) is 2.57. The van der Waals surface area contributed by atoms with E-state index in [4.69, 9.17) is 4.74 Å². The molecule has 3 rings (SSSR count). The van der Waals surface area contributed by atoms with Gasteiger partial charge in [-0.3, -0.25) is 0 Å². The van der Waals surface area contributed by atoms with Gasteiger partial charge >= 0.3 is 0 Å². The smallest absolute Gasteiger partial charge is 0.125 e. The topological polar surface area (TPSA) is 21.3 Å². The monoisotopic (exact) mass is 331 g/mol. The summed E-state index contributed by atoms with van der Waals surface area (Å²) in [6.07, 6.45) is 2.17. The van der Waals surface area contributed by atoms with Crippen molar-refractivity contribution in [3.05, 3.63) is 64.1 Å². The Labute approximate surface area is 128 Å². The Morgan fingerprint density at radius 1 is 1.20 bits per heavy atom. The highest BCUT2D eigenvalue weighted by Gasteiger charge is 2.27. The Morgan fingerprint density at radius 3 is 2.75 bits per heavy atom. The van der Waals surface area contributed by atoms with Crippen molar-refractivity contribution >= 4 is 15.9 Å². The molecule has 3 heteroatoms. The molecule has 2 unspecified atom stereocenters. The highest BCUT2D eigenvalue weighted by atomic mass is 79.9. The first-order chi connectivity index (χ1) is 9.76. The fourth-order valence-corrected chi connectivity index (χ4v) is 3.13. The quantitative estimate of drug-likeness (QED) is 0.914. The van der Waals surface area contributed by atoms with Gasteiger partial charge in [0.1, 0.15) is 11.9 Å². The summed E-state index contributed by atoms with van der Waals surface area (Å²) in [7, 11) is 2.02. The zero-order chi connectivity index (χ0) is 13.9. The first-order valence-corrected chi connectivity index (χ1v) is 7.73. The Hall–Kier alpha value is -1.32. The molecular weight excluding hydrogens is 314 g/mol. The van der Waals surface area contributed by atoms with E-state index in [2.05, 4.69) is 63.7 Å². The van der Waals surface area contributed by atoms with Gasteiger partial charge in [-0.1, -0.05) is 52.3 Å². The van der Waals surface area contributed by atoms with Crippen LogP contribution in [0.5, 0.6) is 5.75 Å². The predicted octanol–water partition coefficient (Wildman–Crippen LogP) is 4.10. The maximum atomic E-state index is 6.18. The third kappa shape index (κ3) is 2.89. The number of rotatable bonds is 3. The minimum atomic E-state index is 0.219. The van der Waals surface area contributed by atoms with Crippen molar-refractivity contribution in [1.82, 2.24) is 5.32 Å². The normalized spacial score (nSPS) is 21.1. The zero-order valence-corrected chi connectivity index (χ0v) is 13.1. The van der Waals surface area contributed by atoms with E-state index >= 15 is 0 Å². The maximum Gasteiger partial charge on any atom is 0.125 e. The molecule has 0 saturated heterocycles. The second-order valence-corrected chi connectivity index (χ2v) is 6.10. The largest absolute Gasteiger partial charge is 0.490 e. The fourth-order valence-electron chi connectivity index (χ4n) is 2.79. The van der Waals surface area contributed by atoms with Crippen LogP contribution in [0.25, 0.3) is 0 Å². The second-order valence-electron chi connectivity index (χ2n) is 5.19. The first-order valence-electron chi connectivity index (χ1n) is 6.93. The van der Waals surface area contributed by atoms with Crippen molar-refractivity contribution in [3.8, 4) is 5.75 Å². The van der Waals surface area contributed by atoms with Gasteiger partial charge in [0, 0.05) is 28.9 Å².